The van der Waals surface area contributed by atoms with Gasteiger partial charge < -0.3 is 4.74 Å². The first kappa shape index (κ1) is 6.72. The largest absolute Gasteiger partial charge is 0.378 e. The maximum atomic E-state index is 10.6. The molecule has 0 aromatic rings. The molecule has 2 fully saturated rings. The van der Waals surface area contributed by atoms with Crippen LogP contribution in [0, 0.1) is 0 Å². The Bertz CT molecular complexity index is 144. The summed E-state index contributed by atoms with van der Waals surface area (Å²) in [5.74, 6) is 0. The van der Waals surface area contributed by atoms with Crippen molar-refractivity contribution in [2.24, 2.45) is 0 Å². The summed E-state index contributed by atoms with van der Waals surface area (Å²) < 4.78 is 25.5. The molecule has 0 saturated carbocycles. The van der Waals surface area contributed by atoms with E-state index in [-0.39, 0.29) is 12.2 Å². The predicted molar refractivity (Wildman–Crippen MR) is 33.3 cm³/mol. The molecule has 3 atom stereocenters. The van der Waals surface area contributed by atoms with Gasteiger partial charge >= 0.3 is 11.4 Å². The summed E-state index contributed by atoms with van der Waals surface area (Å²) in [6.45, 7) is 1.19. The number of rotatable bonds is 0. The highest BCUT2D eigenvalue weighted by Gasteiger charge is 2.37. The molecule has 0 aliphatic carbocycles. The Morgan fingerprint density at radius 2 is 2.10 bits per heavy atom. The molecule has 0 spiro atoms. The first-order valence-electron chi connectivity index (χ1n) is 3.20. The van der Waals surface area contributed by atoms with Crippen molar-refractivity contribution in [3.8, 4) is 0 Å². The van der Waals surface area contributed by atoms with Gasteiger partial charge in [-0.05, 0) is 0 Å². The van der Waals surface area contributed by atoms with E-state index in [0.29, 0.717) is 13.2 Å². The van der Waals surface area contributed by atoms with Gasteiger partial charge in [-0.1, -0.05) is 0 Å². The summed E-state index contributed by atoms with van der Waals surface area (Å²) in [6.07, 6.45) is 0.681. The van der Waals surface area contributed by atoms with Crippen LogP contribution in [0.1, 0.15) is 6.42 Å². The van der Waals surface area contributed by atoms with E-state index in [1.165, 1.54) is 0 Å². The van der Waals surface area contributed by atoms with Crippen LogP contribution in [0.2, 0.25) is 0 Å². The topological polar surface area (TPSA) is 44.8 Å². The fourth-order valence-corrected chi connectivity index (χ4v) is 1.97. The highest BCUT2D eigenvalue weighted by molar-refractivity contribution is 7.75. The molecule has 0 aromatic carbocycles. The lowest BCUT2D eigenvalue weighted by Crippen LogP contribution is -2.33. The van der Waals surface area contributed by atoms with Crippen LogP contribution in [-0.4, -0.2) is 29.6 Å². The summed E-state index contributed by atoms with van der Waals surface area (Å²) in [5.41, 5.74) is 0. The molecule has 4 nitrogen and oxygen atoms in total. The van der Waals surface area contributed by atoms with Gasteiger partial charge in [0.2, 0.25) is 0 Å². The molecule has 2 saturated heterocycles. The van der Waals surface area contributed by atoms with Gasteiger partial charge in [0.05, 0.1) is 6.61 Å². The Balaban J connectivity index is 2.04. The number of fused-ring (bicyclic) bond motifs is 1. The van der Waals surface area contributed by atoms with Gasteiger partial charge in [0, 0.05) is 13.0 Å². The van der Waals surface area contributed by atoms with Gasteiger partial charge in [0.25, 0.3) is 0 Å². The number of hydrogen-bond acceptors (Lipinski definition) is 4. The monoisotopic (exact) mass is 164 g/mol. The van der Waals surface area contributed by atoms with Crippen LogP contribution >= 0.6 is 0 Å². The fraction of sp³-hybridized carbons (Fsp3) is 1.00. The zero-order chi connectivity index (χ0) is 6.97. The van der Waals surface area contributed by atoms with E-state index in [1.807, 2.05) is 0 Å². The second kappa shape index (κ2) is 2.58. The standard InChI is InChI=1S/C5H8O4S/c6-10-8-4-1-2-7-3-5(4)9-10/h4-5H,1-3H2/t4-,5+,10?/m1/s1. The van der Waals surface area contributed by atoms with Crippen LogP contribution in [0.4, 0.5) is 0 Å². The Morgan fingerprint density at radius 1 is 1.30 bits per heavy atom. The average molecular weight is 164 g/mol. The SMILES string of the molecule is O=S1O[C@H]2COCC[C@H]2O1. The minimum atomic E-state index is -1.52. The van der Waals surface area contributed by atoms with E-state index in [0.717, 1.165) is 6.42 Å². The van der Waals surface area contributed by atoms with Crippen molar-refractivity contribution in [3.63, 3.8) is 0 Å². The molecule has 0 radical (unpaired) electrons. The quantitative estimate of drug-likeness (QED) is 0.496. The van der Waals surface area contributed by atoms with Crippen LogP contribution < -0.4 is 0 Å². The summed E-state index contributed by atoms with van der Waals surface area (Å²) in [7, 11) is 0. The van der Waals surface area contributed by atoms with Crippen molar-refractivity contribution >= 4 is 11.4 Å². The lowest BCUT2D eigenvalue weighted by Gasteiger charge is -2.20. The second-order valence-corrected chi connectivity index (χ2v) is 3.13. The van der Waals surface area contributed by atoms with Gasteiger partial charge in [-0.2, -0.15) is 4.21 Å². The third-order valence-electron chi connectivity index (χ3n) is 1.65. The molecule has 0 bridgehead atoms. The van der Waals surface area contributed by atoms with Gasteiger partial charge in [-0.25, -0.2) is 0 Å². The van der Waals surface area contributed by atoms with Crippen molar-refractivity contribution in [2.75, 3.05) is 13.2 Å². The molecule has 2 heterocycles. The lowest BCUT2D eigenvalue weighted by molar-refractivity contribution is -0.0193. The maximum Gasteiger partial charge on any atom is 0.305 e. The minimum absolute atomic E-state index is 0.00502. The third-order valence-corrected chi connectivity index (χ3v) is 2.46. The molecule has 2 aliphatic rings. The Morgan fingerprint density at radius 3 is 2.90 bits per heavy atom. The first-order valence-corrected chi connectivity index (χ1v) is 4.20. The molecule has 10 heavy (non-hydrogen) atoms. The smallest absolute Gasteiger partial charge is 0.305 e. The molecule has 2 aliphatic heterocycles. The van der Waals surface area contributed by atoms with Crippen LogP contribution in [0.15, 0.2) is 0 Å². The summed E-state index contributed by atoms with van der Waals surface area (Å²) >= 11 is -1.52. The van der Waals surface area contributed by atoms with Gasteiger partial charge in [0.15, 0.2) is 0 Å². The van der Waals surface area contributed by atoms with E-state index >= 15 is 0 Å². The zero-order valence-electron chi connectivity index (χ0n) is 5.32. The molecule has 2 rings (SSSR count). The van der Waals surface area contributed by atoms with Crippen molar-refractivity contribution in [1.29, 1.82) is 0 Å². The number of hydrogen-bond donors (Lipinski definition) is 0. The molecule has 5 heteroatoms. The predicted octanol–water partition coefficient (Wildman–Crippen LogP) is -0.231. The average Bonchev–Trinajstić information content (AvgIpc) is 2.27. The molecule has 0 N–H and O–H groups in total. The molecule has 1 unspecified atom stereocenters. The first-order chi connectivity index (χ1) is 4.86. The zero-order valence-corrected chi connectivity index (χ0v) is 6.13. The maximum absolute atomic E-state index is 10.6. The van der Waals surface area contributed by atoms with Crippen molar-refractivity contribution < 1.29 is 17.3 Å². The van der Waals surface area contributed by atoms with Crippen molar-refractivity contribution in [3.05, 3.63) is 0 Å². The molecular formula is C5H8O4S. The summed E-state index contributed by atoms with van der Waals surface area (Å²) in [5, 5.41) is 0. The lowest BCUT2D eigenvalue weighted by atomic mass is 10.1. The molecular weight excluding hydrogens is 156 g/mol. The van der Waals surface area contributed by atoms with E-state index in [9.17, 15) is 4.21 Å². The van der Waals surface area contributed by atoms with E-state index < -0.39 is 11.4 Å². The van der Waals surface area contributed by atoms with Gasteiger partial charge in [-0.3, -0.25) is 8.37 Å². The highest BCUT2D eigenvalue weighted by atomic mass is 32.2. The molecule has 0 amide bonds. The fourth-order valence-electron chi connectivity index (χ4n) is 1.12. The summed E-state index contributed by atoms with van der Waals surface area (Å²) in [6, 6.07) is 0. The summed E-state index contributed by atoms with van der Waals surface area (Å²) in [4.78, 5) is 0. The Hall–Kier alpha value is 0.0300. The number of ether oxygens (including phenoxy) is 1. The minimum Gasteiger partial charge on any atom is -0.378 e. The van der Waals surface area contributed by atoms with Crippen LogP contribution in [0.25, 0.3) is 0 Å². The van der Waals surface area contributed by atoms with Gasteiger partial charge in [0.1, 0.15) is 12.2 Å². The van der Waals surface area contributed by atoms with Crippen LogP contribution in [0.3, 0.4) is 0 Å². The third kappa shape index (κ3) is 1.10. The van der Waals surface area contributed by atoms with Crippen LogP contribution in [-0.2, 0) is 24.5 Å². The van der Waals surface area contributed by atoms with Crippen LogP contribution in [0.5, 0.6) is 0 Å². The molecule has 0 aromatic heterocycles. The van der Waals surface area contributed by atoms with E-state index in [4.69, 9.17) is 13.1 Å². The Kier molecular flexibility index (Phi) is 1.73. The van der Waals surface area contributed by atoms with Crippen molar-refractivity contribution in [1.82, 2.24) is 0 Å². The second-order valence-electron chi connectivity index (χ2n) is 2.34. The highest BCUT2D eigenvalue weighted by Crippen LogP contribution is 2.23. The van der Waals surface area contributed by atoms with Gasteiger partial charge in [-0.15, -0.1) is 0 Å². The van der Waals surface area contributed by atoms with E-state index in [1.54, 1.807) is 0 Å². The Labute approximate surface area is 61.3 Å². The van der Waals surface area contributed by atoms with Crippen molar-refractivity contribution in [2.45, 2.75) is 18.6 Å². The normalized spacial score (nSPS) is 47.0. The van der Waals surface area contributed by atoms with E-state index in [2.05, 4.69) is 0 Å². The molecule has 58 valence electrons.